The van der Waals surface area contributed by atoms with Crippen LogP contribution in [-0.2, 0) is 6.54 Å². The van der Waals surface area contributed by atoms with Gasteiger partial charge in [0.25, 0.3) is 0 Å². The van der Waals surface area contributed by atoms with Gasteiger partial charge in [0.05, 0.1) is 0 Å². The maximum Gasteiger partial charge on any atom is 0.404 e. The quantitative estimate of drug-likeness (QED) is 0.769. The van der Waals surface area contributed by atoms with Crippen molar-refractivity contribution in [3.8, 4) is 0 Å². The van der Waals surface area contributed by atoms with Gasteiger partial charge in [-0.05, 0) is 24.1 Å². The van der Waals surface area contributed by atoms with E-state index in [1.807, 2.05) is 13.0 Å². The average molecular weight is 200 g/mol. The Morgan fingerprint density at radius 2 is 2.31 bits per heavy atom. The Kier molecular flexibility index (Phi) is 3.14. The molecule has 13 heavy (non-hydrogen) atoms. The Morgan fingerprint density at radius 3 is 2.92 bits per heavy atom. The van der Waals surface area contributed by atoms with Crippen molar-refractivity contribution in [3.63, 3.8) is 0 Å². The van der Waals surface area contributed by atoms with Gasteiger partial charge in [-0.2, -0.15) is 0 Å². The molecule has 1 aromatic rings. The summed E-state index contributed by atoms with van der Waals surface area (Å²) in [5.41, 5.74) is 1.81. The van der Waals surface area contributed by atoms with Gasteiger partial charge in [-0.3, -0.25) is 0 Å². The van der Waals surface area contributed by atoms with Gasteiger partial charge in [-0.25, -0.2) is 4.79 Å². The number of nitrogens with one attached hydrogen (secondary N) is 1. The molecule has 0 unspecified atom stereocenters. The van der Waals surface area contributed by atoms with E-state index in [4.69, 9.17) is 16.7 Å². The van der Waals surface area contributed by atoms with Crippen molar-refractivity contribution in [2.45, 2.75) is 13.5 Å². The second-order valence-corrected chi connectivity index (χ2v) is 3.09. The first-order valence-electron chi connectivity index (χ1n) is 3.82. The lowest BCUT2D eigenvalue weighted by atomic mass is 10.1. The fraction of sp³-hybridized carbons (Fsp3) is 0.222. The van der Waals surface area contributed by atoms with Crippen LogP contribution in [0.25, 0.3) is 0 Å². The van der Waals surface area contributed by atoms with E-state index in [-0.39, 0.29) is 0 Å². The Morgan fingerprint density at radius 1 is 1.62 bits per heavy atom. The van der Waals surface area contributed by atoms with E-state index in [2.05, 4.69) is 5.32 Å². The second-order valence-electron chi connectivity index (χ2n) is 2.68. The number of halogens is 1. The third kappa shape index (κ3) is 2.63. The highest BCUT2D eigenvalue weighted by Gasteiger charge is 2.02. The van der Waals surface area contributed by atoms with E-state index >= 15 is 0 Å². The topological polar surface area (TPSA) is 49.3 Å². The fourth-order valence-electron chi connectivity index (χ4n) is 1.01. The van der Waals surface area contributed by atoms with E-state index in [1.165, 1.54) is 0 Å². The summed E-state index contributed by atoms with van der Waals surface area (Å²) in [7, 11) is 0. The minimum atomic E-state index is -1.03. The molecule has 1 aromatic carbocycles. The lowest BCUT2D eigenvalue weighted by Gasteiger charge is -2.06. The number of amides is 1. The molecule has 2 N–H and O–H groups in total. The summed E-state index contributed by atoms with van der Waals surface area (Å²) in [5, 5.41) is 11.3. The highest BCUT2D eigenvalue weighted by atomic mass is 35.5. The number of carboxylic acid groups (broad SMARTS) is 1. The van der Waals surface area contributed by atoms with Gasteiger partial charge in [-0.1, -0.05) is 23.7 Å². The second kappa shape index (κ2) is 4.14. The van der Waals surface area contributed by atoms with E-state index in [9.17, 15) is 4.79 Å². The molecular formula is C9H10ClNO2. The Bertz CT molecular complexity index is 325. The Hall–Kier alpha value is -1.22. The molecule has 0 aromatic heterocycles. The molecule has 3 nitrogen and oxygen atoms in total. The highest BCUT2D eigenvalue weighted by molar-refractivity contribution is 6.31. The van der Waals surface area contributed by atoms with Crippen LogP contribution in [-0.4, -0.2) is 11.2 Å². The smallest absolute Gasteiger partial charge is 0.404 e. The van der Waals surface area contributed by atoms with E-state index in [1.54, 1.807) is 12.1 Å². The molecular weight excluding hydrogens is 190 g/mol. The van der Waals surface area contributed by atoms with Gasteiger partial charge < -0.3 is 10.4 Å². The summed E-state index contributed by atoms with van der Waals surface area (Å²) in [5.74, 6) is 0. The molecule has 1 rings (SSSR count). The standard InChI is InChI=1S/C9H10ClNO2/c1-6-7(5-11-9(12)13)3-2-4-8(6)10/h2-4,11H,5H2,1H3,(H,12,13). The first-order chi connectivity index (χ1) is 6.11. The molecule has 0 aliphatic carbocycles. The van der Waals surface area contributed by atoms with E-state index in [0.29, 0.717) is 11.6 Å². The van der Waals surface area contributed by atoms with Crippen LogP contribution in [0.4, 0.5) is 4.79 Å². The van der Waals surface area contributed by atoms with E-state index in [0.717, 1.165) is 11.1 Å². The summed E-state index contributed by atoms with van der Waals surface area (Å²) in [4.78, 5) is 10.2. The molecule has 0 atom stereocenters. The largest absolute Gasteiger partial charge is 0.465 e. The normalized spacial score (nSPS) is 9.69. The minimum Gasteiger partial charge on any atom is -0.465 e. The molecule has 0 saturated carbocycles. The molecule has 1 amide bonds. The van der Waals surface area contributed by atoms with Crippen molar-refractivity contribution in [3.05, 3.63) is 34.3 Å². The van der Waals surface area contributed by atoms with Crippen LogP contribution in [0, 0.1) is 6.92 Å². The molecule has 0 heterocycles. The summed E-state index contributed by atoms with van der Waals surface area (Å²) < 4.78 is 0. The highest BCUT2D eigenvalue weighted by Crippen LogP contribution is 2.18. The summed E-state index contributed by atoms with van der Waals surface area (Å²) >= 11 is 5.85. The number of rotatable bonds is 2. The minimum absolute atomic E-state index is 0.293. The van der Waals surface area contributed by atoms with Crippen LogP contribution in [0.5, 0.6) is 0 Å². The molecule has 0 saturated heterocycles. The third-order valence-electron chi connectivity index (χ3n) is 1.81. The molecule has 70 valence electrons. The molecule has 0 aliphatic heterocycles. The SMILES string of the molecule is Cc1c(Cl)cccc1CNC(=O)O. The fourth-order valence-corrected chi connectivity index (χ4v) is 1.21. The first kappa shape index (κ1) is 9.86. The van der Waals surface area contributed by atoms with Crippen LogP contribution >= 0.6 is 11.6 Å². The van der Waals surface area contributed by atoms with Crippen LogP contribution < -0.4 is 5.32 Å². The molecule has 0 aliphatic rings. The zero-order valence-corrected chi connectivity index (χ0v) is 7.93. The maximum absolute atomic E-state index is 10.2. The van der Waals surface area contributed by atoms with Crippen molar-refractivity contribution < 1.29 is 9.90 Å². The zero-order valence-electron chi connectivity index (χ0n) is 7.17. The van der Waals surface area contributed by atoms with Gasteiger partial charge >= 0.3 is 6.09 Å². The predicted octanol–water partition coefficient (Wildman–Crippen LogP) is 2.42. The summed E-state index contributed by atoms with van der Waals surface area (Å²) in [6.45, 7) is 2.16. The van der Waals surface area contributed by atoms with Gasteiger partial charge in [0.1, 0.15) is 0 Å². The van der Waals surface area contributed by atoms with E-state index < -0.39 is 6.09 Å². The number of hydrogen-bond acceptors (Lipinski definition) is 1. The van der Waals surface area contributed by atoms with Crippen LogP contribution in [0.2, 0.25) is 5.02 Å². The van der Waals surface area contributed by atoms with Crippen molar-refractivity contribution >= 4 is 17.7 Å². The summed E-state index contributed by atoms with van der Waals surface area (Å²) in [6.07, 6.45) is -1.03. The van der Waals surface area contributed by atoms with Crippen LogP contribution in [0.3, 0.4) is 0 Å². The Balaban J connectivity index is 2.77. The molecule has 4 heteroatoms. The van der Waals surface area contributed by atoms with Crippen molar-refractivity contribution in [1.82, 2.24) is 5.32 Å². The van der Waals surface area contributed by atoms with Gasteiger partial charge in [-0.15, -0.1) is 0 Å². The van der Waals surface area contributed by atoms with Gasteiger partial charge in [0.2, 0.25) is 0 Å². The van der Waals surface area contributed by atoms with Crippen molar-refractivity contribution in [2.24, 2.45) is 0 Å². The number of benzene rings is 1. The lowest BCUT2D eigenvalue weighted by molar-refractivity contribution is 0.194. The predicted molar refractivity (Wildman–Crippen MR) is 51.1 cm³/mol. The van der Waals surface area contributed by atoms with Gasteiger partial charge in [0, 0.05) is 11.6 Å². The average Bonchev–Trinajstić information content (AvgIpc) is 2.07. The van der Waals surface area contributed by atoms with Crippen LogP contribution in [0.15, 0.2) is 18.2 Å². The lowest BCUT2D eigenvalue weighted by Crippen LogP contribution is -2.20. The first-order valence-corrected chi connectivity index (χ1v) is 4.20. The summed E-state index contributed by atoms with van der Waals surface area (Å²) in [6, 6.07) is 5.42. The molecule has 0 radical (unpaired) electrons. The molecule has 0 spiro atoms. The zero-order chi connectivity index (χ0) is 9.84. The molecule has 0 bridgehead atoms. The van der Waals surface area contributed by atoms with Crippen molar-refractivity contribution in [2.75, 3.05) is 0 Å². The maximum atomic E-state index is 10.2. The number of carbonyl (C=O) groups is 1. The number of hydrogen-bond donors (Lipinski definition) is 2. The third-order valence-corrected chi connectivity index (χ3v) is 2.22. The van der Waals surface area contributed by atoms with Crippen molar-refractivity contribution in [1.29, 1.82) is 0 Å². The van der Waals surface area contributed by atoms with Crippen LogP contribution in [0.1, 0.15) is 11.1 Å². The Labute approximate surface area is 81.3 Å². The monoisotopic (exact) mass is 199 g/mol. The molecule has 0 fully saturated rings. The van der Waals surface area contributed by atoms with Gasteiger partial charge in [0.15, 0.2) is 0 Å².